The maximum atomic E-state index is 0. The third kappa shape index (κ3) is 348. The molecule has 0 bridgehead atoms. The Bertz CT molecular complexity index is 13.6. The van der Waals surface area contributed by atoms with Gasteiger partial charge < -0.3 is 50.7 Å². The van der Waals surface area contributed by atoms with E-state index in [2.05, 4.69) is 0 Å². The van der Waals surface area contributed by atoms with Gasteiger partial charge in [-0.25, -0.2) is 0 Å². The van der Waals surface area contributed by atoms with Gasteiger partial charge in [0.1, 0.15) is 0 Å². The number of hydrogen-bond donors (Lipinski definition) is 0. The smallest absolute Gasteiger partial charge is 1.00 e. The van der Waals surface area contributed by atoms with Crippen LogP contribution in [-0.4, -0.2) is 61.4 Å². The van der Waals surface area contributed by atoms with Gasteiger partial charge in [0.15, 0.2) is 0 Å². The summed E-state index contributed by atoms with van der Waals surface area (Å²) >= 11 is 0. The van der Waals surface area contributed by atoms with Crippen LogP contribution in [0.25, 0.3) is 0 Å². The van der Waals surface area contributed by atoms with Crippen molar-refractivity contribution in [3.8, 4) is 0 Å². The van der Waals surface area contributed by atoms with Gasteiger partial charge in [-0.3, -0.25) is 0 Å². The molecule has 14 N–H and O–H groups in total. The summed E-state index contributed by atoms with van der Waals surface area (Å²) in [4.78, 5) is 0. The van der Waals surface area contributed by atoms with Crippen LogP contribution in [-0.2, 0) is 0 Å². The van der Waals surface area contributed by atoms with Gasteiger partial charge in [0.05, 0.1) is 0 Å². The predicted molar refractivity (Wildman–Crippen MR) is 31.1 cm³/mol. The van der Waals surface area contributed by atoms with Crippen LogP contribution in [0.4, 0.5) is 0 Å². The standard InChI is InChI=1S/ClH.Li.Mg.7H2O/h1H;;;7*1H2/q;+1;+2;;;;;;;/p-1. The second-order valence-corrected chi connectivity index (χ2v) is 0. The summed E-state index contributed by atoms with van der Waals surface area (Å²) in [6, 6.07) is 0. The van der Waals surface area contributed by atoms with E-state index in [0.717, 1.165) is 0 Å². The number of hydrogen-bond acceptors (Lipinski definition) is 0. The minimum Gasteiger partial charge on any atom is -1.00 e. The van der Waals surface area contributed by atoms with Crippen LogP contribution in [0, 0.1) is 0 Å². The van der Waals surface area contributed by atoms with Gasteiger partial charge in [-0.15, -0.1) is 0 Å². The molecule has 0 aromatic carbocycles. The molecule has 0 spiro atoms. The molecule has 0 unspecified atom stereocenters. The molecule has 0 rings (SSSR count). The molecule has 0 amide bonds. The molecule has 0 heterocycles. The van der Waals surface area contributed by atoms with Crippen molar-refractivity contribution in [3.63, 3.8) is 0 Å². The molecule has 0 aromatic rings. The Morgan fingerprint density at radius 3 is 0.400 bits per heavy atom. The van der Waals surface area contributed by atoms with Crippen molar-refractivity contribution in [2.24, 2.45) is 0 Å². The summed E-state index contributed by atoms with van der Waals surface area (Å²) in [7, 11) is 0. The Morgan fingerprint density at radius 1 is 0.400 bits per heavy atom. The van der Waals surface area contributed by atoms with Crippen molar-refractivity contribution < 1.29 is 69.6 Å². The molecule has 0 aliphatic rings. The fourth-order valence-electron chi connectivity index (χ4n) is 0. The second-order valence-electron chi connectivity index (χ2n) is 0. The third-order valence-electron chi connectivity index (χ3n) is 0. The molecule has 0 aliphatic carbocycles. The summed E-state index contributed by atoms with van der Waals surface area (Å²) in [6.45, 7) is 0. The minimum absolute atomic E-state index is 0. The Kier molecular flexibility index (Phi) is 31300. The molecule has 0 saturated heterocycles. The van der Waals surface area contributed by atoms with E-state index in [1.165, 1.54) is 0 Å². The van der Waals surface area contributed by atoms with Gasteiger partial charge in [-0.2, -0.15) is 0 Å². The van der Waals surface area contributed by atoms with Crippen molar-refractivity contribution in [1.29, 1.82) is 0 Å². The number of halogens is 1. The zero-order valence-electron chi connectivity index (χ0n) is 5.59. The van der Waals surface area contributed by atoms with Gasteiger partial charge in [-0.05, 0) is 0 Å². The van der Waals surface area contributed by atoms with E-state index in [4.69, 9.17) is 0 Å². The monoisotopic (exact) mass is 192 g/mol. The van der Waals surface area contributed by atoms with Crippen LogP contribution < -0.4 is 31.3 Å². The summed E-state index contributed by atoms with van der Waals surface area (Å²) in [5.41, 5.74) is 0. The van der Waals surface area contributed by atoms with Gasteiger partial charge in [0.2, 0.25) is 0 Å². The van der Waals surface area contributed by atoms with E-state index in [1.54, 1.807) is 0 Å². The van der Waals surface area contributed by atoms with E-state index < -0.39 is 0 Å². The maximum absolute atomic E-state index is 0. The molecule has 0 aliphatic heterocycles. The molecule has 0 atom stereocenters. The summed E-state index contributed by atoms with van der Waals surface area (Å²) in [6.07, 6.45) is 0. The van der Waals surface area contributed by atoms with Crippen molar-refractivity contribution in [2.75, 3.05) is 0 Å². The molecule has 7 nitrogen and oxygen atoms in total. The van der Waals surface area contributed by atoms with Crippen molar-refractivity contribution in [1.82, 2.24) is 0 Å². The molecule has 0 radical (unpaired) electrons. The van der Waals surface area contributed by atoms with Crippen LogP contribution >= 0.6 is 0 Å². The Morgan fingerprint density at radius 2 is 0.400 bits per heavy atom. The van der Waals surface area contributed by atoms with Crippen molar-refractivity contribution in [2.45, 2.75) is 0 Å². The zero-order chi connectivity index (χ0) is 0. The van der Waals surface area contributed by atoms with E-state index in [-0.39, 0.29) is 92.7 Å². The van der Waals surface area contributed by atoms with Crippen LogP contribution in [0.1, 0.15) is 0 Å². The zero-order valence-corrected chi connectivity index (χ0v) is 7.76. The van der Waals surface area contributed by atoms with E-state index in [9.17, 15) is 0 Å². The molecular weight excluding hydrogens is 179 g/mol. The topological polar surface area (TPSA) is 220 Å². The molecule has 10 heavy (non-hydrogen) atoms. The van der Waals surface area contributed by atoms with Gasteiger partial charge in [-0.1, -0.05) is 0 Å². The van der Waals surface area contributed by atoms with E-state index >= 15 is 0 Å². The molecule has 10 heteroatoms. The van der Waals surface area contributed by atoms with Crippen molar-refractivity contribution >= 4 is 23.1 Å². The minimum atomic E-state index is 0. The van der Waals surface area contributed by atoms with Crippen LogP contribution in [0.2, 0.25) is 0 Å². The van der Waals surface area contributed by atoms with Crippen LogP contribution in [0.5, 0.6) is 0 Å². The molecule has 0 fully saturated rings. The first kappa shape index (κ1) is 649. The quantitative estimate of drug-likeness (QED) is 0.326. The van der Waals surface area contributed by atoms with Crippen molar-refractivity contribution in [3.05, 3.63) is 0 Å². The maximum Gasteiger partial charge on any atom is 2.00 e. The van der Waals surface area contributed by atoms with Gasteiger partial charge in [0.25, 0.3) is 0 Å². The Balaban J connectivity index is 0. The van der Waals surface area contributed by atoms with Gasteiger partial charge >= 0.3 is 41.9 Å². The Hall–Kier alpha value is 1.37. The van der Waals surface area contributed by atoms with Crippen LogP contribution in [0.15, 0.2) is 0 Å². The second kappa shape index (κ2) is 483. The normalized spacial score (nSPS) is 0. The third-order valence-corrected chi connectivity index (χ3v) is 0. The summed E-state index contributed by atoms with van der Waals surface area (Å²) in [5.74, 6) is 0. The molecular formula is H14ClLiMgO7+2. The fraction of sp³-hybridized carbons (Fsp3) is 0. The summed E-state index contributed by atoms with van der Waals surface area (Å²) < 4.78 is 0. The van der Waals surface area contributed by atoms with E-state index in [1.807, 2.05) is 0 Å². The average molecular weight is 193 g/mol. The first-order valence-electron chi connectivity index (χ1n) is 0. The summed E-state index contributed by atoms with van der Waals surface area (Å²) in [5, 5.41) is 0. The van der Waals surface area contributed by atoms with E-state index in [0.29, 0.717) is 0 Å². The first-order valence-corrected chi connectivity index (χ1v) is 0. The molecule has 0 aromatic heterocycles. The number of rotatable bonds is 0. The predicted octanol–water partition coefficient (Wildman–Crippen LogP) is -12.1. The fourth-order valence-corrected chi connectivity index (χ4v) is 0. The first-order chi connectivity index (χ1) is 0. The molecule has 64 valence electrons. The average Bonchev–Trinajstić information content (AvgIpc) is 0. The molecule has 0 saturated carbocycles. The van der Waals surface area contributed by atoms with Crippen LogP contribution in [0.3, 0.4) is 0 Å². The SMILES string of the molecule is O.O.O.O.O.O.O.[Cl-].[Li+].[Mg+2]. The largest absolute Gasteiger partial charge is 2.00 e. The van der Waals surface area contributed by atoms with Gasteiger partial charge in [0, 0.05) is 0 Å². The Labute approximate surface area is 92.5 Å².